The van der Waals surface area contributed by atoms with Gasteiger partial charge in [0.05, 0.1) is 17.2 Å². The Labute approximate surface area is 267 Å². The molecule has 4 aromatic rings. The first kappa shape index (κ1) is 32.8. The highest BCUT2D eigenvalue weighted by Gasteiger charge is 2.34. The number of carbonyl (C=O) groups excluding carboxylic acids is 2. The molecule has 0 bridgehead atoms. The van der Waals surface area contributed by atoms with Gasteiger partial charge in [0.1, 0.15) is 18.3 Å². The summed E-state index contributed by atoms with van der Waals surface area (Å²) in [7, 11) is -2.66. The molecule has 4 aromatic carbocycles. The molecule has 8 nitrogen and oxygen atoms in total. The molecule has 0 aromatic heterocycles. The van der Waals surface area contributed by atoms with Gasteiger partial charge in [0.2, 0.25) is 11.8 Å². The van der Waals surface area contributed by atoms with Crippen LogP contribution in [0.4, 0.5) is 5.69 Å². The van der Waals surface area contributed by atoms with Gasteiger partial charge in [-0.25, -0.2) is 8.42 Å². The second-order valence-corrected chi connectivity index (χ2v) is 13.0. The quantitative estimate of drug-likeness (QED) is 0.195. The van der Waals surface area contributed by atoms with Crippen LogP contribution in [0.25, 0.3) is 0 Å². The molecule has 0 unspecified atom stereocenters. The van der Waals surface area contributed by atoms with E-state index in [4.69, 9.17) is 4.74 Å². The average molecular weight is 679 g/mol. The summed E-state index contributed by atoms with van der Waals surface area (Å²) in [6.45, 7) is 3.85. The fourth-order valence-corrected chi connectivity index (χ4v) is 6.54. The summed E-state index contributed by atoms with van der Waals surface area (Å²) in [6, 6.07) is 29.0. The first-order chi connectivity index (χ1) is 21.1. The van der Waals surface area contributed by atoms with Gasteiger partial charge in [-0.1, -0.05) is 76.1 Å². The predicted octanol–water partition coefficient (Wildman–Crippen LogP) is 5.74. The number of amides is 2. The largest absolute Gasteiger partial charge is 0.494 e. The predicted molar refractivity (Wildman–Crippen MR) is 176 cm³/mol. The molecule has 230 valence electrons. The Kier molecular flexibility index (Phi) is 11.2. The van der Waals surface area contributed by atoms with Crippen LogP contribution in [-0.2, 0) is 32.6 Å². The zero-order valence-corrected chi connectivity index (χ0v) is 27.3. The summed E-state index contributed by atoms with van der Waals surface area (Å²) in [5, 5.41) is 2.70. The maximum absolute atomic E-state index is 14.4. The second-order valence-electron chi connectivity index (χ2n) is 10.2. The molecule has 0 aliphatic heterocycles. The molecule has 0 radical (unpaired) electrons. The Balaban J connectivity index is 1.78. The highest BCUT2D eigenvalue weighted by atomic mass is 79.9. The summed E-state index contributed by atoms with van der Waals surface area (Å²) in [5.41, 5.74) is 2.99. The van der Waals surface area contributed by atoms with E-state index in [1.807, 2.05) is 68.4 Å². The van der Waals surface area contributed by atoms with Gasteiger partial charge < -0.3 is 15.0 Å². The molecule has 0 saturated heterocycles. The lowest BCUT2D eigenvalue weighted by atomic mass is 10.0. The monoisotopic (exact) mass is 677 g/mol. The number of anilines is 1. The minimum atomic E-state index is -4.19. The number of halogens is 1. The molecule has 4 rings (SSSR count). The third-order valence-corrected chi connectivity index (χ3v) is 9.39. The molecular weight excluding hydrogens is 642 g/mol. The van der Waals surface area contributed by atoms with Crippen LogP contribution in [0.15, 0.2) is 112 Å². The summed E-state index contributed by atoms with van der Waals surface area (Å²) < 4.78 is 35.6. The number of ether oxygens (including phenoxy) is 1. The van der Waals surface area contributed by atoms with Crippen molar-refractivity contribution in [1.29, 1.82) is 0 Å². The van der Waals surface area contributed by atoms with Crippen molar-refractivity contribution >= 4 is 43.5 Å². The molecule has 1 N–H and O–H groups in total. The number of aryl methyl sites for hydroxylation is 1. The van der Waals surface area contributed by atoms with Crippen molar-refractivity contribution in [3.63, 3.8) is 0 Å². The van der Waals surface area contributed by atoms with E-state index >= 15 is 0 Å². The number of hydrogen-bond acceptors (Lipinski definition) is 5. The third kappa shape index (κ3) is 8.27. The fourth-order valence-electron chi connectivity index (χ4n) is 4.87. The lowest BCUT2D eigenvalue weighted by Crippen LogP contribution is -2.53. The van der Waals surface area contributed by atoms with Crippen LogP contribution in [0.3, 0.4) is 0 Å². The Morgan fingerprint density at radius 1 is 0.886 bits per heavy atom. The van der Waals surface area contributed by atoms with Gasteiger partial charge in [-0.3, -0.25) is 13.9 Å². The number of likely N-dealkylation sites (N-methyl/N-ethyl adjacent to an activating group) is 1. The van der Waals surface area contributed by atoms with Gasteiger partial charge >= 0.3 is 0 Å². The van der Waals surface area contributed by atoms with Crippen molar-refractivity contribution in [3.8, 4) is 5.75 Å². The smallest absolute Gasteiger partial charge is 0.264 e. The van der Waals surface area contributed by atoms with E-state index in [0.717, 1.165) is 25.5 Å². The average Bonchev–Trinajstić information content (AvgIpc) is 3.02. The highest BCUT2D eigenvalue weighted by molar-refractivity contribution is 9.10. The summed E-state index contributed by atoms with van der Waals surface area (Å²) in [5.74, 6) is -0.295. The lowest BCUT2D eigenvalue weighted by molar-refractivity contribution is -0.139. The molecule has 2 amide bonds. The maximum atomic E-state index is 14.4. The molecule has 0 fully saturated rings. The van der Waals surface area contributed by atoms with Crippen LogP contribution in [0.1, 0.15) is 23.6 Å². The van der Waals surface area contributed by atoms with Crippen molar-refractivity contribution in [2.24, 2.45) is 0 Å². The summed E-state index contributed by atoms with van der Waals surface area (Å²) in [6.07, 6.45) is 0.251. The second kappa shape index (κ2) is 15.0. The number of benzene rings is 4. The molecule has 44 heavy (non-hydrogen) atoms. The first-order valence-electron chi connectivity index (χ1n) is 14.2. The van der Waals surface area contributed by atoms with Gasteiger partial charge in [-0.05, 0) is 73.5 Å². The first-order valence-corrected chi connectivity index (χ1v) is 16.5. The van der Waals surface area contributed by atoms with Crippen molar-refractivity contribution in [3.05, 3.63) is 124 Å². The van der Waals surface area contributed by atoms with E-state index in [0.29, 0.717) is 18.0 Å². The normalized spacial score (nSPS) is 11.8. The zero-order valence-electron chi connectivity index (χ0n) is 24.9. The topological polar surface area (TPSA) is 96.0 Å². The van der Waals surface area contributed by atoms with E-state index in [2.05, 4.69) is 21.2 Å². The SMILES string of the molecule is CCOc1ccc(N(CC(=O)N(Cc2cccc(C)c2)[C@@H](Cc2ccccc2)C(=O)NC)S(=O)(=O)c2ccc(Br)cc2)cc1. The highest BCUT2D eigenvalue weighted by Crippen LogP contribution is 2.28. The van der Waals surface area contributed by atoms with Gasteiger partial charge in [-0.2, -0.15) is 0 Å². The van der Waals surface area contributed by atoms with Gasteiger partial charge in [-0.15, -0.1) is 0 Å². The molecule has 0 aliphatic carbocycles. The van der Waals surface area contributed by atoms with Crippen molar-refractivity contribution in [2.75, 3.05) is 24.5 Å². The van der Waals surface area contributed by atoms with Crippen LogP contribution < -0.4 is 14.4 Å². The maximum Gasteiger partial charge on any atom is 0.264 e. The number of nitrogens with one attached hydrogen (secondary N) is 1. The number of sulfonamides is 1. The molecular formula is C34H36BrN3O5S. The van der Waals surface area contributed by atoms with Crippen molar-refractivity contribution in [1.82, 2.24) is 10.2 Å². The summed E-state index contributed by atoms with van der Waals surface area (Å²) >= 11 is 3.36. The van der Waals surface area contributed by atoms with Crippen LogP contribution in [0, 0.1) is 6.92 Å². The Morgan fingerprint density at radius 3 is 2.16 bits per heavy atom. The van der Waals surface area contributed by atoms with E-state index in [-0.39, 0.29) is 23.8 Å². The Bertz CT molecular complexity index is 1660. The van der Waals surface area contributed by atoms with Crippen molar-refractivity contribution in [2.45, 2.75) is 37.8 Å². The lowest BCUT2D eigenvalue weighted by Gasteiger charge is -2.33. The number of carbonyl (C=O) groups is 2. The van der Waals surface area contributed by atoms with Crippen LogP contribution in [0.2, 0.25) is 0 Å². The summed E-state index contributed by atoms with van der Waals surface area (Å²) in [4.78, 5) is 29.2. The minimum Gasteiger partial charge on any atom is -0.494 e. The van der Waals surface area contributed by atoms with Gasteiger partial charge in [0.15, 0.2) is 0 Å². The van der Waals surface area contributed by atoms with Gasteiger partial charge in [0.25, 0.3) is 10.0 Å². The van der Waals surface area contributed by atoms with Gasteiger partial charge in [0, 0.05) is 24.5 Å². The van der Waals surface area contributed by atoms with E-state index in [1.165, 1.54) is 24.1 Å². The van der Waals surface area contributed by atoms with Crippen LogP contribution >= 0.6 is 15.9 Å². The van der Waals surface area contributed by atoms with Crippen LogP contribution in [-0.4, -0.2) is 51.4 Å². The van der Waals surface area contributed by atoms with Crippen molar-refractivity contribution < 1.29 is 22.7 Å². The van der Waals surface area contributed by atoms with E-state index < -0.39 is 28.5 Å². The minimum absolute atomic E-state index is 0.0276. The number of hydrogen-bond donors (Lipinski definition) is 1. The standard InChI is InChI=1S/C34H36BrN3O5S/c1-4-43-30-17-15-29(16-18-30)38(44(41,42)31-19-13-28(35)14-20-31)24-33(39)37(23-27-12-8-9-25(2)21-27)32(34(40)36-3)22-26-10-6-5-7-11-26/h5-21,32H,4,22-24H2,1-3H3,(H,36,40)/t32-/m0/s1. The molecule has 0 aliphatic rings. The third-order valence-electron chi connectivity index (χ3n) is 7.07. The Morgan fingerprint density at radius 2 is 1.55 bits per heavy atom. The number of rotatable bonds is 13. The molecule has 1 atom stereocenters. The molecule has 0 heterocycles. The molecule has 0 saturated carbocycles. The zero-order chi connectivity index (χ0) is 31.7. The fraction of sp³-hybridized carbons (Fsp3) is 0.235. The number of nitrogens with zero attached hydrogens (tertiary/aromatic N) is 2. The molecule has 10 heteroatoms. The van der Waals surface area contributed by atoms with E-state index in [1.54, 1.807) is 36.4 Å². The van der Waals surface area contributed by atoms with Crippen LogP contribution in [0.5, 0.6) is 5.75 Å². The Hall–Kier alpha value is -4.15. The van der Waals surface area contributed by atoms with E-state index in [9.17, 15) is 18.0 Å². The molecule has 0 spiro atoms.